The standard InChI is InChI=1S/C21H26N2O4/c1-14-6-7-17(12-15(14)2)21(25)22-10-11-23(16(3)24)19-13-18(26-4)8-9-20(19)27-5/h6-9,12-13H,10-11H2,1-5H3,(H,22,25). The van der Waals surface area contributed by atoms with Gasteiger partial charge in [-0.05, 0) is 49.2 Å². The van der Waals surface area contributed by atoms with Gasteiger partial charge in [-0.2, -0.15) is 0 Å². The first-order valence-corrected chi connectivity index (χ1v) is 8.73. The number of rotatable bonds is 7. The maximum absolute atomic E-state index is 12.4. The van der Waals surface area contributed by atoms with Crippen LogP contribution in [0.25, 0.3) is 0 Å². The van der Waals surface area contributed by atoms with Crippen molar-refractivity contribution in [1.82, 2.24) is 5.32 Å². The fourth-order valence-electron chi connectivity index (χ4n) is 2.72. The summed E-state index contributed by atoms with van der Waals surface area (Å²) in [5, 5.41) is 2.86. The summed E-state index contributed by atoms with van der Waals surface area (Å²) in [5.74, 6) is 0.865. The maximum atomic E-state index is 12.4. The number of nitrogens with one attached hydrogen (secondary N) is 1. The van der Waals surface area contributed by atoms with Crippen LogP contribution in [0.2, 0.25) is 0 Å². The van der Waals surface area contributed by atoms with Crippen LogP contribution in [-0.4, -0.2) is 39.1 Å². The number of ether oxygens (including phenoxy) is 2. The summed E-state index contributed by atoms with van der Waals surface area (Å²) in [6.07, 6.45) is 0. The monoisotopic (exact) mass is 370 g/mol. The first kappa shape index (κ1) is 20.3. The third kappa shape index (κ3) is 5.00. The molecule has 0 aromatic heterocycles. The molecule has 0 saturated heterocycles. The molecule has 0 bridgehead atoms. The summed E-state index contributed by atoms with van der Waals surface area (Å²) >= 11 is 0. The Morgan fingerprint density at radius 1 is 1.00 bits per heavy atom. The van der Waals surface area contributed by atoms with Gasteiger partial charge < -0.3 is 19.7 Å². The Morgan fingerprint density at radius 3 is 2.33 bits per heavy atom. The van der Waals surface area contributed by atoms with E-state index in [4.69, 9.17) is 9.47 Å². The van der Waals surface area contributed by atoms with Gasteiger partial charge in [0.15, 0.2) is 0 Å². The highest BCUT2D eigenvalue weighted by molar-refractivity contribution is 5.95. The molecule has 0 aliphatic rings. The predicted octanol–water partition coefficient (Wildman–Crippen LogP) is 3.10. The summed E-state index contributed by atoms with van der Waals surface area (Å²) in [6, 6.07) is 10.8. The van der Waals surface area contributed by atoms with Crippen LogP contribution in [0.4, 0.5) is 5.69 Å². The molecule has 27 heavy (non-hydrogen) atoms. The molecule has 6 nitrogen and oxygen atoms in total. The van der Waals surface area contributed by atoms with Gasteiger partial charge >= 0.3 is 0 Å². The quantitative estimate of drug-likeness (QED) is 0.813. The third-order valence-corrected chi connectivity index (χ3v) is 4.45. The molecular weight excluding hydrogens is 344 g/mol. The van der Waals surface area contributed by atoms with Crippen molar-refractivity contribution in [2.75, 3.05) is 32.2 Å². The van der Waals surface area contributed by atoms with Crippen molar-refractivity contribution < 1.29 is 19.1 Å². The molecule has 0 aliphatic carbocycles. The lowest BCUT2D eigenvalue weighted by Gasteiger charge is -2.24. The number of hydrogen-bond acceptors (Lipinski definition) is 4. The van der Waals surface area contributed by atoms with Gasteiger partial charge in [-0.3, -0.25) is 9.59 Å². The molecule has 0 radical (unpaired) electrons. The van der Waals surface area contributed by atoms with Crippen LogP contribution in [0.15, 0.2) is 36.4 Å². The second kappa shape index (κ2) is 9.07. The van der Waals surface area contributed by atoms with E-state index in [1.54, 1.807) is 43.4 Å². The molecule has 0 atom stereocenters. The smallest absolute Gasteiger partial charge is 0.251 e. The molecule has 0 fully saturated rings. The number of methoxy groups -OCH3 is 2. The van der Waals surface area contributed by atoms with Crippen LogP contribution in [0.1, 0.15) is 28.4 Å². The molecule has 2 rings (SSSR count). The molecule has 1 N–H and O–H groups in total. The zero-order chi connectivity index (χ0) is 20.0. The lowest BCUT2D eigenvalue weighted by molar-refractivity contribution is -0.116. The third-order valence-electron chi connectivity index (χ3n) is 4.45. The lowest BCUT2D eigenvalue weighted by Crippen LogP contribution is -2.37. The topological polar surface area (TPSA) is 67.9 Å². The number of anilines is 1. The van der Waals surface area contributed by atoms with E-state index in [2.05, 4.69) is 5.32 Å². The normalized spacial score (nSPS) is 10.3. The van der Waals surface area contributed by atoms with E-state index in [0.717, 1.165) is 11.1 Å². The van der Waals surface area contributed by atoms with Gasteiger partial charge in [-0.15, -0.1) is 0 Å². The summed E-state index contributed by atoms with van der Waals surface area (Å²) in [6.45, 7) is 6.08. The van der Waals surface area contributed by atoms with Crippen LogP contribution in [0.5, 0.6) is 11.5 Å². The first-order chi connectivity index (χ1) is 12.9. The minimum atomic E-state index is -0.167. The van der Waals surface area contributed by atoms with Gasteiger partial charge in [0.25, 0.3) is 5.91 Å². The summed E-state index contributed by atoms with van der Waals surface area (Å²) in [7, 11) is 3.11. The van der Waals surface area contributed by atoms with E-state index in [9.17, 15) is 9.59 Å². The Bertz CT molecular complexity index is 833. The minimum absolute atomic E-state index is 0.151. The van der Waals surface area contributed by atoms with Crippen LogP contribution >= 0.6 is 0 Å². The zero-order valence-corrected chi connectivity index (χ0v) is 16.5. The van der Waals surface area contributed by atoms with E-state index >= 15 is 0 Å². The number of hydrogen-bond donors (Lipinski definition) is 1. The zero-order valence-electron chi connectivity index (χ0n) is 16.5. The average molecular weight is 370 g/mol. The van der Waals surface area contributed by atoms with Crippen molar-refractivity contribution in [3.05, 3.63) is 53.1 Å². The number of aryl methyl sites for hydroxylation is 2. The maximum Gasteiger partial charge on any atom is 0.251 e. The van der Waals surface area contributed by atoms with Crippen molar-refractivity contribution in [3.63, 3.8) is 0 Å². The highest BCUT2D eigenvalue weighted by Gasteiger charge is 2.17. The second-order valence-electron chi connectivity index (χ2n) is 6.26. The number of benzene rings is 2. The molecule has 0 heterocycles. The number of amides is 2. The van der Waals surface area contributed by atoms with Crippen molar-refractivity contribution in [2.45, 2.75) is 20.8 Å². The van der Waals surface area contributed by atoms with E-state index in [-0.39, 0.29) is 11.8 Å². The second-order valence-corrected chi connectivity index (χ2v) is 6.26. The van der Waals surface area contributed by atoms with Crippen LogP contribution in [0.3, 0.4) is 0 Å². The highest BCUT2D eigenvalue weighted by Crippen LogP contribution is 2.32. The number of nitrogens with zero attached hydrogens (tertiary/aromatic N) is 1. The van der Waals surface area contributed by atoms with Crippen LogP contribution in [-0.2, 0) is 4.79 Å². The lowest BCUT2D eigenvalue weighted by atomic mass is 10.1. The Morgan fingerprint density at radius 2 is 1.74 bits per heavy atom. The summed E-state index contributed by atoms with van der Waals surface area (Å²) in [4.78, 5) is 26.1. The van der Waals surface area contributed by atoms with E-state index < -0.39 is 0 Å². The van der Waals surface area contributed by atoms with Gasteiger partial charge in [-0.1, -0.05) is 6.07 Å². The largest absolute Gasteiger partial charge is 0.497 e. The van der Waals surface area contributed by atoms with Gasteiger partial charge in [-0.25, -0.2) is 0 Å². The van der Waals surface area contributed by atoms with Gasteiger partial charge in [0, 0.05) is 31.6 Å². The Kier molecular flexibility index (Phi) is 6.82. The number of carbonyl (C=O) groups excluding carboxylic acids is 2. The molecule has 2 amide bonds. The SMILES string of the molecule is COc1ccc(OC)c(N(CCNC(=O)c2ccc(C)c(C)c2)C(C)=O)c1. The van der Waals surface area contributed by atoms with Crippen molar-refractivity contribution in [3.8, 4) is 11.5 Å². The van der Waals surface area contributed by atoms with E-state index in [1.807, 2.05) is 26.0 Å². The minimum Gasteiger partial charge on any atom is -0.497 e. The molecule has 0 aliphatic heterocycles. The van der Waals surface area contributed by atoms with Crippen molar-refractivity contribution in [1.29, 1.82) is 0 Å². The average Bonchev–Trinajstić information content (AvgIpc) is 2.66. The van der Waals surface area contributed by atoms with Crippen molar-refractivity contribution >= 4 is 17.5 Å². The van der Waals surface area contributed by atoms with E-state index in [1.165, 1.54) is 6.92 Å². The summed E-state index contributed by atoms with van der Waals surface area (Å²) in [5.41, 5.74) is 3.41. The van der Waals surface area contributed by atoms with Gasteiger partial charge in [0.2, 0.25) is 5.91 Å². The summed E-state index contributed by atoms with van der Waals surface area (Å²) < 4.78 is 10.6. The fourth-order valence-corrected chi connectivity index (χ4v) is 2.72. The number of carbonyl (C=O) groups is 2. The molecule has 0 unspecified atom stereocenters. The Labute approximate surface area is 160 Å². The molecule has 144 valence electrons. The highest BCUT2D eigenvalue weighted by atomic mass is 16.5. The van der Waals surface area contributed by atoms with Gasteiger partial charge in [0.05, 0.1) is 19.9 Å². The molecule has 2 aromatic rings. The molecule has 2 aromatic carbocycles. The van der Waals surface area contributed by atoms with E-state index in [0.29, 0.717) is 35.8 Å². The molecule has 0 spiro atoms. The van der Waals surface area contributed by atoms with Crippen LogP contribution in [0, 0.1) is 13.8 Å². The van der Waals surface area contributed by atoms with Gasteiger partial charge in [0.1, 0.15) is 11.5 Å². The molecular formula is C21H26N2O4. The Balaban J connectivity index is 2.10. The first-order valence-electron chi connectivity index (χ1n) is 8.73. The Hall–Kier alpha value is -3.02. The van der Waals surface area contributed by atoms with Crippen molar-refractivity contribution in [2.24, 2.45) is 0 Å². The predicted molar refractivity (Wildman–Crippen MR) is 106 cm³/mol. The fraction of sp³-hybridized carbons (Fsp3) is 0.333. The van der Waals surface area contributed by atoms with Crippen LogP contribution < -0.4 is 19.7 Å². The molecule has 6 heteroatoms. The molecule has 0 saturated carbocycles.